The molecule has 0 saturated heterocycles. The summed E-state index contributed by atoms with van der Waals surface area (Å²) in [5, 5.41) is 3.50. The van der Waals surface area contributed by atoms with Gasteiger partial charge in [-0.2, -0.15) is 0 Å². The lowest BCUT2D eigenvalue weighted by atomic mass is 10.1. The van der Waals surface area contributed by atoms with E-state index in [0.717, 1.165) is 43.2 Å². The third kappa shape index (κ3) is 5.36. The number of aryl methyl sites for hydroxylation is 1. The molecule has 0 radical (unpaired) electrons. The quantitative estimate of drug-likeness (QED) is 0.539. The van der Waals surface area contributed by atoms with E-state index in [2.05, 4.69) is 29.6 Å². The van der Waals surface area contributed by atoms with Crippen LogP contribution in [0.4, 0.5) is 0 Å². The molecule has 0 saturated carbocycles. The average molecular weight is 347 g/mol. The third-order valence-corrected chi connectivity index (χ3v) is 4.22. The molecule has 3 rings (SSSR count). The Balaban J connectivity index is 1.40. The van der Waals surface area contributed by atoms with Crippen LogP contribution >= 0.6 is 0 Å². The second-order valence-electron chi connectivity index (χ2n) is 6.15. The van der Waals surface area contributed by atoms with Crippen molar-refractivity contribution in [2.24, 2.45) is 0 Å². The summed E-state index contributed by atoms with van der Waals surface area (Å²) in [5.41, 5.74) is 2.52. The van der Waals surface area contributed by atoms with Gasteiger partial charge in [-0.25, -0.2) is 0 Å². The van der Waals surface area contributed by atoms with Crippen molar-refractivity contribution in [3.63, 3.8) is 0 Å². The summed E-state index contributed by atoms with van der Waals surface area (Å²) >= 11 is 0. The second kappa shape index (κ2) is 9.64. The Morgan fingerprint density at radius 1 is 0.769 bits per heavy atom. The highest BCUT2D eigenvalue weighted by Gasteiger charge is 2.01. The number of hydrogen-bond acceptors (Lipinski definition) is 3. The molecule has 0 heterocycles. The molecule has 0 spiro atoms. The van der Waals surface area contributed by atoms with Gasteiger partial charge >= 0.3 is 0 Å². The Labute approximate surface area is 155 Å². The Bertz CT molecular complexity index is 785. The van der Waals surface area contributed by atoms with Crippen LogP contribution < -0.4 is 14.8 Å². The van der Waals surface area contributed by atoms with E-state index in [1.54, 1.807) is 7.11 Å². The summed E-state index contributed by atoms with van der Waals surface area (Å²) in [5.74, 6) is 2.69. The predicted octanol–water partition coefficient (Wildman–Crippen LogP) is 5.21. The van der Waals surface area contributed by atoms with Crippen molar-refractivity contribution in [3.8, 4) is 17.2 Å². The van der Waals surface area contributed by atoms with Gasteiger partial charge in [0.25, 0.3) is 0 Å². The summed E-state index contributed by atoms with van der Waals surface area (Å²) in [6, 6.07) is 26.3. The average Bonchev–Trinajstić information content (AvgIpc) is 2.70. The number of nitrogens with one attached hydrogen (secondary N) is 1. The van der Waals surface area contributed by atoms with Crippen LogP contribution in [0.3, 0.4) is 0 Å². The zero-order valence-electron chi connectivity index (χ0n) is 15.2. The molecular formula is C23H25NO2. The van der Waals surface area contributed by atoms with Gasteiger partial charge < -0.3 is 14.8 Å². The number of hydrogen-bond donors (Lipinski definition) is 1. The maximum absolute atomic E-state index is 5.81. The summed E-state index contributed by atoms with van der Waals surface area (Å²) in [7, 11) is 1.72. The highest BCUT2D eigenvalue weighted by molar-refractivity contribution is 5.34. The van der Waals surface area contributed by atoms with Crippen LogP contribution in [-0.2, 0) is 13.0 Å². The largest absolute Gasteiger partial charge is 0.496 e. The molecule has 0 atom stereocenters. The molecule has 0 aliphatic carbocycles. The van der Waals surface area contributed by atoms with Crippen molar-refractivity contribution < 1.29 is 9.47 Å². The molecule has 0 aromatic heterocycles. The van der Waals surface area contributed by atoms with Crippen LogP contribution in [0.25, 0.3) is 0 Å². The molecule has 1 N–H and O–H groups in total. The zero-order chi connectivity index (χ0) is 18.0. The van der Waals surface area contributed by atoms with Crippen molar-refractivity contribution in [3.05, 3.63) is 90.0 Å². The molecule has 0 aliphatic rings. The van der Waals surface area contributed by atoms with Gasteiger partial charge in [-0.05, 0) is 60.8 Å². The molecule has 3 heteroatoms. The van der Waals surface area contributed by atoms with Crippen LogP contribution in [0, 0.1) is 0 Å². The van der Waals surface area contributed by atoms with Crippen molar-refractivity contribution in [1.29, 1.82) is 0 Å². The first-order chi connectivity index (χ1) is 12.8. The first kappa shape index (κ1) is 18.0. The van der Waals surface area contributed by atoms with E-state index in [0.29, 0.717) is 0 Å². The van der Waals surface area contributed by atoms with Crippen LogP contribution in [0.5, 0.6) is 17.2 Å². The van der Waals surface area contributed by atoms with Gasteiger partial charge in [-0.15, -0.1) is 0 Å². The van der Waals surface area contributed by atoms with Gasteiger partial charge in [0.05, 0.1) is 7.11 Å². The monoisotopic (exact) mass is 347 g/mol. The smallest absolute Gasteiger partial charge is 0.127 e. The minimum absolute atomic E-state index is 0.856. The van der Waals surface area contributed by atoms with Gasteiger partial charge in [0, 0.05) is 6.54 Å². The van der Waals surface area contributed by atoms with Crippen molar-refractivity contribution in [1.82, 2.24) is 5.32 Å². The van der Waals surface area contributed by atoms with Crippen LogP contribution in [0.1, 0.15) is 17.5 Å². The summed E-state index contributed by atoms with van der Waals surface area (Å²) < 4.78 is 11.2. The number of methoxy groups -OCH3 is 1. The Kier molecular flexibility index (Phi) is 6.68. The van der Waals surface area contributed by atoms with Crippen LogP contribution in [-0.4, -0.2) is 13.7 Å². The molecule has 134 valence electrons. The Morgan fingerprint density at radius 2 is 1.46 bits per heavy atom. The van der Waals surface area contributed by atoms with Crippen molar-refractivity contribution in [2.75, 3.05) is 13.7 Å². The number of benzene rings is 3. The van der Waals surface area contributed by atoms with E-state index in [9.17, 15) is 0 Å². The van der Waals surface area contributed by atoms with Crippen LogP contribution in [0.15, 0.2) is 78.9 Å². The van der Waals surface area contributed by atoms with E-state index in [1.165, 1.54) is 11.1 Å². The fourth-order valence-corrected chi connectivity index (χ4v) is 2.85. The standard InChI is InChI=1S/C23H25NO2/c1-25-23-12-6-5-8-20(23)9-7-17-24-18-19-13-15-22(16-14-19)26-21-10-3-2-4-11-21/h2-6,8,10-16,24H,7,9,17-18H2,1H3. The van der Waals surface area contributed by atoms with Crippen molar-refractivity contribution >= 4 is 0 Å². The highest BCUT2D eigenvalue weighted by atomic mass is 16.5. The van der Waals surface area contributed by atoms with Gasteiger partial charge in [-0.1, -0.05) is 48.5 Å². The predicted molar refractivity (Wildman–Crippen MR) is 106 cm³/mol. The first-order valence-corrected chi connectivity index (χ1v) is 8.99. The maximum atomic E-state index is 5.81. The van der Waals surface area contributed by atoms with Gasteiger partial charge in [0.1, 0.15) is 17.2 Å². The Morgan fingerprint density at radius 3 is 2.23 bits per heavy atom. The lowest BCUT2D eigenvalue weighted by Crippen LogP contribution is -2.15. The first-order valence-electron chi connectivity index (χ1n) is 8.99. The number of ether oxygens (including phenoxy) is 2. The van der Waals surface area contributed by atoms with E-state index in [4.69, 9.17) is 9.47 Å². The molecule has 26 heavy (non-hydrogen) atoms. The minimum Gasteiger partial charge on any atom is -0.496 e. The van der Waals surface area contributed by atoms with E-state index < -0.39 is 0 Å². The lowest BCUT2D eigenvalue weighted by Gasteiger charge is -2.09. The molecule has 3 aromatic rings. The highest BCUT2D eigenvalue weighted by Crippen LogP contribution is 2.21. The topological polar surface area (TPSA) is 30.5 Å². The molecule has 3 aromatic carbocycles. The van der Waals surface area contributed by atoms with Gasteiger partial charge in [0.15, 0.2) is 0 Å². The summed E-state index contributed by atoms with van der Waals surface area (Å²) in [4.78, 5) is 0. The summed E-state index contributed by atoms with van der Waals surface area (Å²) in [6.07, 6.45) is 2.09. The van der Waals surface area contributed by atoms with Gasteiger partial charge in [-0.3, -0.25) is 0 Å². The molecule has 0 amide bonds. The van der Waals surface area contributed by atoms with Crippen molar-refractivity contribution in [2.45, 2.75) is 19.4 Å². The lowest BCUT2D eigenvalue weighted by molar-refractivity contribution is 0.409. The van der Waals surface area contributed by atoms with E-state index in [1.807, 2.05) is 54.6 Å². The molecule has 0 fully saturated rings. The minimum atomic E-state index is 0.856. The zero-order valence-corrected chi connectivity index (χ0v) is 15.2. The molecule has 3 nitrogen and oxygen atoms in total. The number of rotatable bonds is 9. The fourth-order valence-electron chi connectivity index (χ4n) is 2.85. The Hall–Kier alpha value is -2.78. The van der Waals surface area contributed by atoms with Crippen LogP contribution in [0.2, 0.25) is 0 Å². The normalized spacial score (nSPS) is 10.5. The van der Waals surface area contributed by atoms with Gasteiger partial charge in [0.2, 0.25) is 0 Å². The SMILES string of the molecule is COc1ccccc1CCCNCc1ccc(Oc2ccccc2)cc1. The molecular weight excluding hydrogens is 322 g/mol. The van der Waals surface area contributed by atoms with E-state index in [-0.39, 0.29) is 0 Å². The second-order valence-corrected chi connectivity index (χ2v) is 6.15. The molecule has 0 bridgehead atoms. The third-order valence-electron chi connectivity index (χ3n) is 4.22. The maximum Gasteiger partial charge on any atom is 0.127 e. The fraction of sp³-hybridized carbons (Fsp3) is 0.217. The van der Waals surface area contributed by atoms with E-state index >= 15 is 0 Å². The molecule has 0 aliphatic heterocycles. The summed E-state index contributed by atoms with van der Waals surface area (Å²) in [6.45, 7) is 1.83. The molecule has 0 unspecified atom stereocenters. The number of para-hydroxylation sites is 2.